The van der Waals surface area contributed by atoms with Gasteiger partial charge in [0.1, 0.15) is 19.3 Å². The zero-order valence-electron chi connectivity index (χ0n) is 65.0. The third kappa shape index (κ3) is 74.1. The van der Waals surface area contributed by atoms with Gasteiger partial charge in [0.15, 0.2) is 12.2 Å². The van der Waals surface area contributed by atoms with Crippen LogP contribution in [0.15, 0.2) is 0 Å². The highest BCUT2D eigenvalue weighted by Crippen LogP contribution is 2.45. The molecule has 5 atom stereocenters. The Morgan fingerprint density at radius 2 is 0.465 bits per heavy atom. The van der Waals surface area contributed by atoms with Gasteiger partial charge in [0.05, 0.1) is 26.4 Å². The van der Waals surface area contributed by atoms with E-state index in [4.69, 9.17) is 37.0 Å². The van der Waals surface area contributed by atoms with Gasteiger partial charge in [-0.25, -0.2) is 9.13 Å². The van der Waals surface area contributed by atoms with E-state index in [0.717, 1.165) is 120 Å². The van der Waals surface area contributed by atoms with Crippen molar-refractivity contribution in [1.29, 1.82) is 0 Å². The van der Waals surface area contributed by atoms with Crippen LogP contribution in [-0.4, -0.2) is 96.7 Å². The fourth-order valence-electron chi connectivity index (χ4n) is 12.3. The van der Waals surface area contributed by atoms with E-state index in [1.807, 2.05) is 0 Å². The zero-order valence-corrected chi connectivity index (χ0v) is 66.8. The minimum absolute atomic E-state index is 0.107. The third-order valence-electron chi connectivity index (χ3n) is 18.6. The van der Waals surface area contributed by atoms with E-state index in [1.54, 1.807) is 0 Å². The van der Waals surface area contributed by atoms with Crippen LogP contribution in [0.2, 0.25) is 0 Å². The fourth-order valence-corrected chi connectivity index (χ4v) is 13.9. The number of phosphoric ester groups is 2. The van der Waals surface area contributed by atoms with Crippen molar-refractivity contribution in [2.24, 2.45) is 17.8 Å². The van der Waals surface area contributed by atoms with Crippen LogP contribution in [0, 0.1) is 17.8 Å². The number of rotatable bonds is 78. The van der Waals surface area contributed by atoms with Crippen molar-refractivity contribution in [2.75, 3.05) is 39.6 Å². The van der Waals surface area contributed by atoms with Crippen molar-refractivity contribution < 1.29 is 80.2 Å². The molecule has 0 saturated carbocycles. The van der Waals surface area contributed by atoms with Crippen molar-refractivity contribution in [3.63, 3.8) is 0 Å². The summed E-state index contributed by atoms with van der Waals surface area (Å²) in [6, 6.07) is 0. The predicted octanol–water partition coefficient (Wildman–Crippen LogP) is 23.7. The van der Waals surface area contributed by atoms with Gasteiger partial charge >= 0.3 is 39.5 Å². The topological polar surface area (TPSA) is 237 Å². The van der Waals surface area contributed by atoms with Crippen molar-refractivity contribution in [1.82, 2.24) is 0 Å². The Morgan fingerprint density at radius 3 is 0.687 bits per heavy atom. The lowest BCUT2D eigenvalue weighted by molar-refractivity contribution is -0.161. The van der Waals surface area contributed by atoms with E-state index in [-0.39, 0.29) is 25.7 Å². The van der Waals surface area contributed by atoms with Crippen molar-refractivity contribution in [3.8, 4) is 0 Å². The van der Waals surface area contributed by atoms with Crippen LogP contribution in [-0.2, 0) is 65.4 Å². The average molecular weight is 1450 g/mol. The highest BCUT2D eigenvalue weighted by atomic mass is 31.2. The number of hydrogen-bond donors (Lipinski definition) is 3. The molecule has 17 nitrogen and oxygen atoms in total. The van der Waals surface area contributed by atoms with Gasteiger partial charge in [-0.05, 0) is 43.4 Å². The van der Waals surface area contributed by atoms with E-state index in [9.17, 15) is 43.2 Å². The van der Waals surface area contributed by atoms with Crippen LogP contribution in [0.5, 0.6) is 0 Å². The molecule has 0 aromatic carbocycles. The molecule has 0 heterocycles. The molecule has 0 aromatic heterocycles. The maximum atomic E-state index is 13.1. The van der Waals surface area contributed by atoms with Crippen LogP contribution in [0.4, 0.5) is 0 Å². The molecule has 0 rings (SSSR count). The number of phosphoric acid groups is 2. The van der Waals surface area contributed by atoms with E-state index >= 15 is 0 Å². The molecule has 0 bridgehead atoms. The van der Waals surface area contributed by atoms with Crippen molar-refractivity contribution in [3.05, 3.63) is 0 Å². The first-order chi connectivity index (χ1) is 47.7. The number of ether oxygens (including phenoxy) is 4. The summed E-state index contributed by atoms with van der Waals surface area (Å²) in [5.41, 5.74) is 0. The summed E-state index contributed by atoms with van der Waals surface area (Å²) in [6.07, 6.45) is 58.4. The van der Waals surface area contributed by atoms with Crippen molar-refractivity contribution in [2.45, 2.75) is 433 Å². The number of aliphatic hydroxyl groups excluding tert-OH is 1. The van der Waals surface area contributed by atoms with Gasteiger partial charge < -0.3 is 33.8 Å². The zero-order chi connectivity index (χ0) is 73.0. The Labute approximate surface area is 607 Å². The van der Waals surface area contributed by atoms with E-state index in [2.05, 4.69) is 48.5 Å². The largest absolute Gasteiger partial charge is 0.472 e. The number of unbranched alkanes of at least 4 members (excludes halogenated alkanes) is 46. The van der Waals surface area contributed by atoms with Crippen LogP contribution < -0.4 is 0 Å². The molecule has 0 amide bonds. The first kappa shape index (κ1) is 97.1. The fraction of sp³-hybridized carbons (Fsp3) is 0.950. The number of carbonyl (C=O) groups excluding carboxylic acids is 4. The minimum atomic E-state index is -4.96. The van der Waals surface area contributed by atoms with Crippen LogP contribution in [0.3, 0.4) is 0 Å². The van der Waals surface area contributed by atoms with Gasteiger partial charge in [-0.2, -0.15) is 0 Å². The standard InChI is InChI=1S/C80H156O17P2/c1-8-9-10-11-37-47-54-61-77(82)90-67-75(96-79(84)64-57-50-43-36-30-24-18-21-27-33-40-46-53-60-73(6)7)69-94-98(86,87)92-65-74(81)66-93-99(88,89)95-70-76(68-91-78(83)62-55-48-41-34-28-22-17-16-20-26-32-39-45-52-59-72(4)5)97-80(85)63-56-49-42-35-29-23-15-13-12-14-19-25-31-38-44-51-58-71(2)3/h71-76,81H,8-70H2,1-7H3,(H,86,87)(H,88,89)/t74-,75+,76+/m0/s1. The molecule has 19 heteroatoms. The van der Waals surface area contributed by atoms with E-state index in [0.29, 0.717) is 25.7 Å². The molecule has 0 fully saturated rings. The summed E-state index contributed by atoms with van der Waals surface area (Å²) >= 11 is 0. The minimum Gasteiger partial charge on any atom is -0.462 e. The van der Waals surface area contributed by atoms with E-state index in [1.165, 1.54) is 212 Å². The molecule has 0 aliphatic carbocycles. The van der Waals surface area contributed by atoms with Gasteiger partial charge in [0.2, 0.25) is 0 Å². The lowest BCUT2D eigenvalue weighted by Crippen LogP contribution is -2.30. The summed E-state index contributed by atoms with van der Waals surface area (Å²) in [5, 5.41) is 10.6. The lowest BCUT2D eigenvalue weighted by atomic mass is 10.0. The SMILES string of the molecule is CCCCCCCCCC(=O)OC[C@H](COP(=O)(O)OC[C@H](O)COP(=O)(O)OC[C@@H](COC(=O)CCCCCCCCCCCCCCCCC(C)C)OC(=O)CCCCCCCCCCCCCCCCCCC(C)C)OC(=O)CCCCCCCCCCCCCCCC(C)C. The molecular formula is C80H156O17P2. The molecule has 3 N–H and O–H groups in total. The number of hydrogen-bond acceptors (Lipinski definition) is 15. The second kappa shape index (κ2) is 70.4. The molecule has 588 valence electrons. The molecule has 2 unspecified atom stereocenters. The average Bonchev–Trinajstić information content (AvgIpc) is 0.975. The lowest BCUT2D eigenvalue weighted by Gasteiger charge is -2.21. The van der Waals surface area contributed by atoms with E-state index < -0.39 is 97.5 Å². The number of carbonyl (C=O) groups is 4. The van der Waals surface area contributed by atoms with Gasteiger partial charge in [0.25, 0.3) is 0 Å². The molecule has 99 heavy (non-hydrogen) atoms. The van der Waals surface area contributed by atoms with Crippen LogP contribution in [0.25, 0.3) is 0 Å². The van der Waals surface area contributed by atoms with Gasteiger partial charge in [-0.1, -0.05) is 363 Å². The first-order valence-electron chi connectivity index (χ1n) is 41.3. The Kier molecular flexibility index (Phi) is 69.0. The second-order valence-corrected chi connectivity index (χ2v) is 33.1. The highest BCUT2D eigenvalue weighted by molar-refractivity contribution is 7.47. The highest BCUT2D eigenvalue weighted by Gasteiger charge is 2.30. The molecule has 0 aliphatic rings. The molecule has 0 aliphatic heterocycles. The van der Waals surface area contributed by atoms with Crippen LogP contribution >= 0.6 is 15.6 Å². The molecular weight excluding hydrogens is 1290 g/mol. The molecule has 0 radical (unpaired) electrons. The Morgan fingerprint density at radius 1 is 0.273 bits per heavy atom. The smallest absolute Gasteiger partial charge is 0.462 e. The van der Waals surface area contributed by atoms with Gasteiger partial charge in [-0.15, -0.1) is 0 Å². The Bertz CT molecular complexity index is 1920. The van der Waals surface area contributed by atoms with Gasteiger partial charge in [0, 0.05) is 25.7 Å². The second-order valence-electron chi connectivity index (χ2n) is 30.2. The number of aliphatic hydroxyl groups is 1. The monoisotopic (exact) mass is 1450 g/mol. The maximum Gasteiger partial charge on any atom is 0.472 e. The predicted molar refractivity (Wildman–Crippen MR) is 405 cm³/mol. The normalized spacial score (nSPS) is 14.0. The summed E-state index contributed by atoms with van der Waals surface area (Å²) in [6.45, 7) is 12.0. The quantitative estimate of drug-likeness (QED) is 0.0222. The summed E-state index contributed by atoms with van der Waals surface area (Å²) in [7, 11) is -9.91. The van der Waals surface area contributed by atoms with Gasteiger partial charge in [-0.3, -0.25) is 37.3 Å². The molecule has 0 saturated heterocycles. The molecule has 0 spiro atoms. The maximum absolute atomic E-state index is 13.1. The first-order valence-corrected chi connectivity index (χ1v) is 44.3. The summed E-state index contributed by atoms with van der Waals surface area (Å²) in [5.74, 6) is 0.279. The summed E-state index contributed by atoms with van der Waals surface area (Å²) in [4.78, 5) is 72.9. The summed E-state index contributed by atoms with van der Waals surface area (Å²) < 4.78 is 68.6. The Balaban J connectivity index is 5.19. The number of esters is 4. The Hall–Kier alpha value is -1.94. The molecule has 0 aromatic rings. The van der Waals surface area contributed by atoms with Crippen LogP contribution in [0.1, 0.15) is 414 Å². The third-order valence-corrected chi connectivity index (χ3v) is 20.5. The van der Waals surface area contributed by atoms with Crippen molar-refractivity contribution >= 4 is 39.5 Å².